The van der Waals surface area contributed by atoms with Crippen molar-refractivity contribution < 1.29 is 19.5 Å². The van der Waals surface area contributed by atoms with E-state index in [-0.39, 0.29) is 28.7 Å². The van der Waals surface area contributed by atoms with Crippen LogP contribution in [0.5, 0.6) is 0 Å². The summed E-state index contributed by atoms with van der Waals surface area (Å²) in [7, 11) is 0. The second kappa shape index (κ2) is 8.23. The second-order valence-electron chi connectivity index (χ2n) is 6.26. The van der Waals surface area contributed by atoms with Gasteiger partial charge in [-0.1, -0.05) is 19.1 Å². The third-order valence-electron chi connectivity index (χ3n) is 4.25. The molecule has 4 N–H and O–H groups in total. The van der Waals surface area contributed by atoms with Gasteiger partial charge in [-0.05, 0) is 18.6 Å². The number of rotatable bonds is 7. The molecule has 9 nitrogen and oxygen atoms in total. The first-order valence-electron chi connectivity index (χ1n) is 8.76. The Morgan fingerprint density at radius 3 is 2.62 bits per heavy atom. The first-order chi connectivity index (χ1) is 13.8. The molecule has 0 spiro atoms. The van der Waals surface area contributed by atoms with Gasteiger partial charge in [0.05, 0.1) is 22.2 Å². The van der Waals surface area contributed by atoms with E-state index >= 15 is 0 Å². The van der Waals surface area contributed by atoms with Gasteiger partial charge < -0.3 is 16.2 Å². The topological polar surface area (TPSA) is 144 Å². The van der Waals surface area contributed by atoms with Crippen LogP contribution < -0.4 is 16.6 Å². The molecule has 2 aromatic heterocycles. The number of para-hydroxylation sites is 1. The molecule has 0 atom stereocenters. The minimum atomic E-state index is -1.23. The number of hydrogen-bond acceptors (Lipinski definition) is 6. The molecule has 2 amide bonds. The van der Waals surface area contributed by atoms with Gasteiger partial charge in [-0.25, -0.2) is 9.78 Å². The van der Waals surface area contributed by atoms with E-state index in [2.05, 4.69) is 10.3 Å². The lowest BCUT2D eigenvalue weighted by atomic mass is 10.1. The molecule has 0 unspecified atom stereocenters. The van der Waals surface area contributed by atoms with E-state index in [9.17, 15) is 24.3 Å². The smallest absolute Gasteiger partial charge is 0.337 e. The molecule has 150 valence electrons. The fourth-order valence-electron chi connectivity index (χ4n) is 2.94. The fraction of sp³-hybridized carbons (Fsp3) is 0.211. The van der Waals surface area contributed by atoms with E-state index in [4.69, 9.17) is 5.73 Å². The maximum atomic E-state index is 13.0. The van der Waals surface area contributed by atoms with E-state index in [0.717, 1.165) is 11.3 Å². The zero-order valence-electron chi connectivity index (χ0n) is 15.5. The number of amides is 2. The van der Waals surface area contributed by atoms with E-state index < -0.39 is 23.3 Å². The quantitative estimate of drug-likeness (QED) is 0.538. The third kappa shape index (κ3) is 4.02. The largest absolute Gasteiger partial charge is 0.478 e. The van der Waals surface area contributed by atoms with Gasteiger partial charge in [0.25, 0.3) is 11.5 Å². The Balaban J connectivity index is 2.01. The predicted molar refractivity (Wildman–Crippen MR) is 108 cm³/mol. The highest BCUT2D eigenvalue weighted by Gasteiger charge is 2.21. The van der Waals surface area contributed by atoms with E-state index in [0.29, 0.717) is 23.5 Å². The van der Waals surface area contributed by atoms with Gasteiger partial charge in [0.1, 0.15) is 17.2 Å². The van der Waals surface area contributed by atoms with Crippen molar-refractivity contribution in [2.24, 2.45) is 5.73 Å². The maximum absolute atomic E-state index is 13.0. The summed E-state index contributed by atoms with van der Waals surface area (Å²) >= 11 is 1.07. The lowest BCUT2D eigenvalue weighted by Crippen LogP contribution is -2.32. The Bertz CT molecular complexity index is 1180. The van der Waals surface area contributed by atoms with Crippen molar-refractivity contribution in [2.45, 2.75) is 26.3 Å². The Kier molecular flexibility index (Phi) is 5.74. The molecule has 2 heterocycles. The number of carbonyl (C=O) groups is 3. The number of nitrogens with two attached hydrogens (primary N) is 1. The first kappa shape index (κ1) is 20.2. The summed E-state index contributed by atoms with van der Waals surface area (Å²) in [6, 6.07) is 6.25. The highest BCUT2D eigenvalue weighted by atomic mass is 32.1. The summed E-state index contributed by atoms with van der Waals surface area (Å²) in [5.74, 6) is -2.10. The number of anilines is 1. The van der Waals surface area contributed by atoms with E-state index in [1.54, 1.807) is 12.1 Å². The minimum absolute atomic E-state index is 0.0207. The molecule has 0 radical (unpaired) electrons. The molecule has 3 rings (SSSR count). The van der Waals surface area contributed by atoms with Crippen LogP contribution in [0.4, 0.5) is 5.69 Å². The average Bonchev–Trinajstić information content (AvgIpc) is 3.09. The molecular weight excluding hydrogens is 396 g/mol. The fourth-order valence-corrected chi connectivity index (χ4v) is 3.86. The molecule has 1 aromatic carbocycles. The van der Waals surface area contributed by atoms with Crippen LogP contribution in [0.1, 0.15) is 39.9 Å². The zero-order valence-corrected chi connectivity index (χ0v) is 16.3. The molecular formula is C19H18N4O5S. The molecule has 10 heteroatoms. The maximum Gasteiger partial charge on any atom is 0.337 e. The molecule has 0 bridgehead atoms. The van der Waals surface area contributed by atoms with Crippen LogP contribution in [0.15, 0.2) is 34.4 Å². The number of aryl methyl sites for hydroxylation is 1. The van der Waals surface area contributed by atoms with Crippen LogP contribution in [0, 0.1) is 0 Å². The zero-order chi connectivity index (χ0) is 21.1. The number of primary amides is 1. The number of aromatic nitrogens is 2. The predicted octanol–water partition coefficient (Wildman–Crippen LogP) is 1.85. The summed E-state index contributed by atoms with van der Waals surface area (Å²) < 4.78 is 1.17. The van der Waals surface area contributed by atoms with Crippen molar-refractivity contribution in [3.8, 4) is 0 Å². The summed E-state index contributed by atoms with van der Waals surface area (Å²) in [5, 5.41) is 13.2. The summed E-state index contributed by atoms with van der Waals surface area (Å²) in [6.45, 7) is 1.53. The monoisotopic (exact) mass is 414 g/mol. The molecule has 0 saturated carbocycles. The summed E-state index contributed by atoms with van der Waals surface area (Å²) in [5.41, 5.74) is 4.96. The number of thiophene rings is 1. The number of nitrogens with one attached hydrogen (secondary N) is 1. The molecule has 0 aliphatic heterocycles. The van der Waals surface area contributed by atoms with E-state index in [1.807, 2.05) is 6.92 Å². The first-order valence-corrected chi connectivity index (χ1v) is 9.64. The molecule has 0 saturated heterocycles. The van der Waals surface area contributed by atoms with Crippen LogP contribution in [-0.2, 0) is 17.8 Å². The Labute approximate surface area is 168 Å². The Hall–Kier alpha value is -3.53. The summed E-state index contributed by atoms with van der Waals surface area (Å²) in [4.78, 5) is 53.3. The van der Waals surface area contributed by atoms with Gasteiger partial charge in [0.2, 0.25) is 5.91 Å². The SMILES string of the molecule is CCCc1nc2scc(C(=O)O)c2c(=O)n1CC(=O)Nc1ccccc1C(N)=O. The van der Waals surface area contributed by atoms with Gasteiger partial charge in [-0.2, -0.15) is 0 Å². The average molecular weight is 414 g/mol. The van der Waals surface area contributed by atoms with Crippen LogP contribution in [0.3, 0.4) is 0 Å². The Morgan fingerprint density at radius 2 is 1.97 bits per heavy atom. The minimum Gasteiger partial charge on any atom is -0.478 e. The molecule has 0 aliphatic rings. The Morgan fingerprint density at radius 1 is 1.24 bits per heavy atom. The lowest BCUT2D eigenvalue weighted by Gasteiger charge is -2.13. The van der Waals surface area contributed by atoms with Crippen LogP contribution in [-0.4, -0.2) is 32.4 Å². The molecule has 29 heavy (non-hydrogen) atoms. The normalized spacial score (nSPS) is 10.8. The molecule has 0 fully saturated rings. The van der Waals surface area contributed by atoms with Gasteiger partial charge in [0, 0.05) is 11.8 Å². The summed E-state index contributed by atoms with van der Waals surface area (Å²) in [6.07, 6.45) is 1.12. The van der Waals surface area contributed by atoms with Crippen LogP contribution >= 0.6 is 11.3 Å². The van der Waals surface area contributed by atoms with Crippen molar-refractivity contribution in [1.82, 2.24) is 9.55 Å². The highest BCUT2D eigenvalue weighted by molar-refractivity contribution is 7.17. The molecule has 3 aromatic rings. The number of carbonyl (C=O) groups excluding carboxylic acids is 2. The van der Waals surface area contributed by atoms with Crippen LogP contribution in [0.25, 0.3) is 10.2 Å². The lowest BCUT2D eigenvalue weighted by molar-refractivity contribution is -0.116. The highest BCUT2D eigenvalue weighted by Crippen LogP contribution is 2.22. The second-order valence-corrected chi connectivity index (χ2v) is 7.12. The number of benzene rings is 1. The number of carboxylic acids is 1. The third-order valence-corrected chi connectivity index (χ3v) is 5.12. The number of carboxylic acid groups (broad SMARTS) is 1. The van der Waals surface area contributed by atoms with Crippen molar-refractivity contribution in [2.75, 3.05) is 5.32 Å². The van der Waals surface area contributed by atoms with Gasteiger partial charge in [-0.3, -0.25) is 19.0 Å². The standard InChI is InChI=1S/C19H18N4O5S/c1-2-5-13-22-17-15(11(9-29-17)19(27)28)18(26)23(13)8-14(24)21-12-7-4-3-6-10(12)16(20)25/h3-4,6-7,9H,2,5,8H2,1H3,(H2,20,25)(H,21,24)(H,27,28). The molecule has 0 aliphatic carbocycles. The van der Waals surface area contributed by atoms with E-state index in [1.165, 1.54) is 22.1 Å². The van der Waals surface area contributed by atoms with Gasteiger partial charge in [0.15, 0.2) is 0 Å². The number of aromatic carboxylic acids is 1. The number of fused-ring (bicyclic) bond motifs is 1. The van der Waals surface area contributed by atoms with Crippen LogP contribution in [0.2, 0.25) is 0 Å². The number of hydrogen-bond donors (Lipinski definition) is 3. The van der Waals surface area contributed by atoms with Crippen molar-refractivity contribution in [3.63, 3.8) is 0 Å². The van der Waals surface area contributed by atoms with Gasteiger partial charge >= 0.3 is 5.97 Å². The van der Waals surface area contributed by atoms with Crippen molar-refractivity contribution in [3.05, 3.63) is 57.0 Å². The van der Waals surface area contributed by atoms with Gasteiger partial charge in [-0.15, -0.1) is 11.3 Å². The van der Waals surface area contributed by atoms with Crippen molar-refractivity contribution >= 4 is 45.0 Å². The number of nitrogens with zero attached hydrogens (tertiary/aromatic N) is 2. The van der Waals surface area contributed by atoms with Crippen molar-refractivity contribution in [1.29, 1.82) is 0 Å².